The highest BCUT2D eigenvalue weighted by atomic mass is 79.9. The molecule has 1 amide bonds. The minimum atomic E-state index is 0.162. The first-order chi connectivity index (χ1) is 8.74. The van der Waals surface area contributed by atoms with Crippen LogP contribution in [0.25, 0.3) is 5.69 Å². The summed E-state index contributed by atoms with van der Waals surface area (Å²) in [4.78, 5) is 13.9. The summed E-state index contributed by atoms with van der Waals surface area (Å²) in [6.07, 6.45) is 4.19. The molecule has 1 aromatic heterocycles. The van der Waals surface area contributed by atoms with Crippen LogP contribution < -0.4 is 4.90 Å². The number of anilines is 1. The molecular weight excluding hydrogens is 294 g/mol. The van der Waals surface area contributed by atoms with E-state index < -0.39 is 0 Å². The van der Waals surface area contributed by atoms with Crippen molar-refractivity contribution >= 4 is 27.5 Å². The molecule has 0 aliphatic carbocycles. The monoisotopic (exact) mass is 305 g/mol. The van der Waals surface area contributed by atoms with Crippen LogP contribution in [0.5, 0.6) is 0 Å². The van der Waals surface area contributed by atoms with E-state index in [1.165, 1.54) is 0 Å². The second kappa shape index (κ2) is 4.57. The molecule has 0 N–H and O–H groups in total. The molecule has 4 nitrogen and oxygen atoms in total. The van der Waals surface area contributed by atoms with Gasteiger partial charge in [-0.25, -0.2) is 4.68 Å². The first-order valence-electron chi connectivity index (χ1n) is 5.78. The van der Waals surface area contributed by atoms with Gasteiger partial charge in [0.1, 0.15) is 0 Å². The van der Waals surface area contributed by atoms with Gasteiger partial charge in [-0.3, -0.25) is 4.79 Å². The summed E-state index contributed by atoms with van der Waals surface area (Å²) >= 11 is 3.49. The maximum absolute atomic E-state index is 11.9. The molecular formula is C13H12BrN3O. The number of amides is 1. The molecule has 0 saturated carbocycles. The van der Waals surface area contributed by atoms with Crippen molar-refractivity contribution in [2.24, 2.45) is 0 Å². The number of alkyl halides is 1. The molecule has 2 heterocycles. The lowest BCUT2D eigenvalue weighted by Gasteiger charge is -2.16. The number of halogens is 1. The van der Waals surface area contributed by atoms with E-state index in [0.717, 1.165) is 17.9 Å². The molecule has 92 valence electrons. The zero-order valence-electron chi connectivity index (χ0n) is 9.66. The quantitative estimate of drug-likeness (QED) is 0.799. The van der Waals surface area contributed by atoms with Gasteiger partial charge in [-0.1, -0.05) is 22.0 Å². The predicted molar refractivity (Wildman–Crippen MR) is 73.2 cm³/mol. The number of aromatic nitrogens is 2. The van der Waals surface area contributed by atoms with E-state index in [2.05, 4.69) is 21.0 Å². The highest BCUT2D eigenvalue weighted by Gasteiger charge is 2.28. The molecule has 0 bridgehead atoms. The highest BCUT2D eigenvalue weighted by Crippen LogP contribution is 2.26. The van der Waals surface area contributed by atoms with Crippen LogP contribution in [0.1, 0.15) is 6.42 Å². The fourth-order valence-corrected chi connectivity index (χ4v) is 2.71. The first kappa shape index (κ1) is 11.5. The summed E-state index contributed by atoms with van der Waals surface area (Å²) in [6.45, 7) is 0.724. The molecule has 3 rings (SSSR count). The second-order valence-corrected chi connectivity index (χ2v) is 5.57. The summed E-state index contributed by atoms with van der Waals surface area (Å²) < 4.78 is 1.79. The molecule has 2 aromatic rings. The number of carbonyl (C=O) groups excluding carboxylic acids is 1. The van der Waals surface area contributed by atoms with E-state index in [1.807, 2.05) is 41.4 Å². The van der Waals surface area contributed by atoms with Crippen LogP contribution in [0, 0.1) is 0 Å². The molecule has 1 fully saturated rings. The Bertz CT molecular complexity index is 567. The van der Waals surface area contributed by atoms with Crippen molar-refractivity contribution in [1.29, 1.82) is 0 Å². The fraction of sp³-hybridized carbons (Fsp3) is 0.231. The van der Waals surface area contributed by atoms with Crippen molar-refractivity contribution in [3.8, 4) is 5.69 Å². The van der Waals surface area contributed by atoms with Gasteiger partial charge in [-0.15, -0.1) is 0 Å². The Labute approximate surface area is 113 Å². The average molecular weight is 306 g/mol. The molecule has 1 unspecified atom stereocenters. The lowest BCUT2D eigenvalue weighted by molar-refractivity contribution is -0.117. The smallest absolute Gasteiger partial charge is 0.228 e. The van der Waals surface area contributed by atoms with Gasteiger partial charge in [0.05, 0.1) is 5.69 Å². The van der Waals surface area contributed by atoms with Crippen LogP contribution in [0.2, 0.25) is 0 Å². The van der Waals surface area contributed by atoms with Gasteiger partial charge in [0, 0.05) is 35.9 Å². The summed E-state index contributed by atoms with van der Waals surface area (Å²) in [5.41, 5.74) is 1.89. The van der Waals surface area contributed by atoms with E-state index in [4.69, 9.17) is 0 Å². The van der Waals surface area contributed by atoms with Gasteiger partial charge in [0.25, 0.3) is 0 Å². The Balaban J connectivity index is 1.94. The Hall–Kier alpha value is -1.62. The number of hydrogen-bond acceptors (Lipinski definition) is 2. The Morgan fingerprint density at radius 3 is 2.78 bits per heavy atom. The molecule has 1 saturated heterocycles. The Morgan fingerprint density at radius 1 is 1.28 bits per heavy atom. The van der Waals surface area contributed by atoms with Crippen molar-refractivity contribution < 1.29 is 4.79 Å². The van der Waals surface area contributed by atoms with Gasteiger partial charge in [-0.05, 0) is 24.3 Å². The van der Waals surface area contributed by atoms with Crippen LogP contribution in [-0.2, 0) is 4.79 Å². The normalized spacial score (nSPS) is 19.5. The largest absolute Gasteiger partial charge is 0.311 e. The van der Waals surface area contributed by atoms with Gasteiger partial charge in [0.2, 0.25) is 5.91 Å². The van der Waals surface area contributed by atoms with Gasteiger partial charge < -0.3 is 4.90 Å². The minimum Gasteiger partial charge on any atom is -0.311 e. The van der Waals surface area contributed by atoms with Crippen molar-refractivity contribution in [2.75, 3.05) is 11.4 Å². The predicted octanol–water partition coefficient (Wildman–Crippen LogP) is 2.37. The summed E-state index contributed by atoms with van der Waals surface area (Å²) in [6, 6.07) is 9.73. The fourth-order valence-electron chi connectivity index (χ4n) is 2.14. The molecule has 0 radical (unpaired) electrons. The first-order valence-corrected chi connectivity index (χ1v) is 6.70. The van der Waals surface area contributed by atoms with Gasteiger partial charge in [0.15, 0.2) is 0 Å². The molecule has 1 aliphatic heterocycles. The van der Waals surface area contributed by atoms with Gasteiger partial charge in [-0.2, -0.15) is 5.10 Å². The SMILES string of the molecule is O=C1CC(Br)CN1c1cccc(-n2cccn2)c1. The molecule has 5 heteroatoms. The zero-order valence-corrected chi connectivity index (χ0v) is 11.2. The third-order valence-corrected chi connectivity index (χ3v) is 3.60. The number of nitrogens with zero attached hydrogens (tertiary/aromatic N) is 3. The lowest BCUT2D eigenvalue weighted by Crippen LogP contribution is -2.24. The zero-order chi connectivity index (χ0) is 12.5. The van der Waals surface area contributed by atoms with Crippen molar-refractivity contribution in [3.63, 3.8) is 0 Å². The summed E-state index contributed by atoms with van der Waals surface area (Å²) in [5.74, 6) is 0.162. The molecule has 1 aliphatic rings. The lowest BCUT2D eigenvalue weighted by atomic mass is 10.2. The van der Waals surface area contributed by atoms with E-state index in [0.29, 0.717) is 6.42 Å². The van der Waals surface area contributed by atoms with Crippen molar-refractivity contribution in [1.82, 2.24) is 9.78 Å². The van der Waals surface area contributed by atoms with Crippen LogP contribution >= 0.6 is 15.9 Å². The highest BCUT2D eigenvalue weighted by molar-refractivity contribution is 9.09. The van der Waals surface area contributed by atoms with E-state index in [9.17, 15) is 4.79 Å². The Morgan fingerprint density at radius 2 is 2.11 bits per heavy atom. The maximum atomic E-state index is 11.9. The van der Waals surface area contributed by atoms with E-state index in [1.54, 1.807) is 10.9 Å². The third kappa shape index (κ3) is 2.06. The topological polar surface area (TPSA) is 38.1 Å². The van der Waals surface area contributed by atoms with Crippen molar-refractivity contribution in [2.45, 2.75) is 11.2 Å². The number of carbonyl (C=O) groups is 1. The van der Waals surface area contributed by atoms with E-state index >= 15 is 0 Å². The van der Waals surface area contributed by atoms with Crippen molar-refractivity contribution in [3.05, 3.63) is 42.7 Å². The second-order valence-electron chi connectivity index (χ2n) is 4.28. The maximum Gasteiger partial charge on any atom is 0.228 e. The third-order valence-electron chi connectivity index (χ3n) is 2.99. The van der Waals surface area contributed by atoms with Crippen LogP contribution in [0.3, 0.4) is 0 Å². The number of rotatable bonds is 2. The summed E-state index contributed by atoms with van der Waals surface area (Å²) in [5, 5.41) is 4.19. The van der Waals surface area contributed by atoms with Crippen LogP contribution in [0.4, 0.5) is 5.69 Å². The number of benzene rings is 1. The van der Waals surface area contributed by atoms with Gasteiger partial charge >= 0.3 is 0 Å². The molecule has 1 aromatic carbocycles. The molecule has 0 spiro atoms. The standard InChI is InChI=1S/C13H12BrN3O/c14-10-7-13(18)16(9-10)11-3-1-4-12(8-11)17-6-2-5-15-17/h1-6,8,10H,7,9H2. The number of hydrogen-bond donors (Lipinski definition) is 0. The molecule has 18 heavy (non-hydrogen) atoms. The summed E-state index contributed by atoms with van der Waals surface area (Å²) in [7, 11) is 0. The Kier molecular flexibility index (Phi) is 2.91. The molecule has 1 atom stereocenters. The van der Waals surface area contributed by atoms with Crippen LogP contribution in [0.15, 0.2) is 42.7 Å². The minimum absolute atomic E-state index is 0.162. The average Bonchev–Trinajstić information content (AvgIpc) is 2.99. The van der Waals surface area contributed by atoms with E-state index in [-0.39, 0.29) is 10.7 Å². The van der Waals surface area contributed by atoms with Crippen LogP contribution in [-0.4, -0.2) is 27.1 Å².